The Labute approximate surface area is 157 Å². The second-order valence-corrected chi connectivity index (χ2v) is 5.69. The molecule has 1 aliphatic heterocycles. The highest BCUT2D eigenvalue weighted by Crippen LogP contribution is 2.26. The molecule has 1 N–H and O–H groups in total. The molecule has 0 atom stereocenters. The first-order valence-corrected chi connectivity index (χ1v) is 8.05. The molecule has 6 nitrogen and oxygen atoms in total. The van der Waals surface area contributed by atoms with E-state index in [1.165, 1.54) is 12.1 Å². The molecule has 0 unspecified atom stereocenters. The first-order chi connectivity index (χ1) is 13.3. The highest BCUT2D eigenvalue weighted by atomic mass is 19.4. The average Bonchev–Trinajstić information content (AvgIpc) is 2.66. The van der Waals surface area contributed by atoms with Gasteiger partial charge in [0.25, 0.3) is 5.91 Å². The van der Waals surface area contributed by atoms with Gasteiger partial charge in [-0.25, -0.2) is 4.79 Å². The van der Waals surface area contributed by atoms with E-state index in [2.05, 4.69) is 10.1 Å². The Morgan fingerprint density at radius 3 is 2.50 bits per heavy atom. The summed E-state index contributed by atoms with van der Waals surface area (Å²) in [7, 11) is 0. The maximum absolute atomic E-state index is 12.1. The zero-order chi connectivity index (χ0) is 20.1. The molecular formula is C19H14F3NO5. The molecule has 1 amide bonds. The molecule has 0 fully saturated rings. The zero-order valence-corrected chi connectivity index (χ0v) is 14.3. The summed E-state index contributed by atoms with van der Waals surface area (Å²) in [6, 6.07) is 11.7. The van der Waals surface area contributed by atoms with Crippen molar-refractivity contribution in [1.82, 2.24) is 0 Å². The summed E-state index contributed by atoms with van der Waals surface area (Å²) in [4.78, 5) is 23.9. The van der Waals surface area contributed by atoms with Crippen LogP contribution in [0.15, 0.2) is 54.1 Å². The van der Waals surface area contributed by atoms with Crippen LogP contribution in [-0.2, 0) is 14.3 Å². The fourth-order valence-electron chi connectivity index (χ4n) is 2.39. The van der Waals surface area contributed by atoms with Crippen molar-refractivity contribution < 1.29 is 37.0 Å². The fraction of sp³-hybridized carbons (Fsp3) is 0.158. The third-order valence-electron chi connectivity index (χ3n) is 3.60. The van der Waals surface area contributed by atoms with Crippen LogP contribution in [0, 0.1) is 0 Å². The van der Waals surface area contributed by atoms with Crippen LogP contribution in [0.25, 0.3) is 6.08 Å². The molecule has 0 aromatic heterocycles. The van der Waals surface area contributed by atoms with Gasteiger partial charge in [0.15, 0.2) is 6.61 Å². The van der Waals surface area contributed by atoms with Crippen molar-refractivity contribution in [2.75, 3.05) is 18.5 Å². The van der Waals surface area contributed by atoms with E-state index in [0.29, 0.717) is 5.75 Å². The maximum atomic E-state index is 12.1. The Bertz CT molecular complexity index is 907. The minimum atomic E-state index is -4.79. The second-order valence-electron chi connectivity index (χ2n) is 5.69. The van der Waals surface area contributed by atoms with Gasteiger partial charge in [-0.3, -0.25) is 4.79 Å². The number of rotatable bonds is 5. The number of anilines is 1. The minimum absolute atomic E-state index is 0.0259. The van der Waals surface area contributed by atoms with Crippen molar-refractivity contribution in [1.29, 1.82) is 0 Å². The molecule has 2 aromatic carbocycles. The Balaban J connectivity index is 1.50. The van der Waals surface area contributed by atoms with Gasteiger partial charge >= 0.3 is 12.3 Å². The van der Waals surface area contributed by atoms with Crippen molar-refractivity contribution in [2.45, 2.75) is 6.36 Å². The van der Waals surface area contributed by atoms with Gasteiger partial charge in [-0.2, -0.15) is 0 Å². The molecule has 0 saturated carbocycles. The molecule has 2 aromatic rings. The van der Waals surface area contributed by atoms with E-state index >= 15 is 0 Å². The molecule has 1 aliphatic rings. The van der Waals surface area contributed by atoms with Crippen LogP contribution in [0.4, 0.5) is 18.9 Å². The fourth-order valence-corrected chi connectivity index (χ4v) is 2.39. The summed E-state index contributed by atoms with van der Waals surface area (Å²) in [6.45, 7) is -0.531. The highest BCUT2D eigenvalue weighted by Gasteiger charge is 2.31. The predicted molar refractivity (Wildman–Crippen MR) is 92.6 cm³/mol. The van der Waals surface area contributed by atoms with E-state index in [-0.39, 0.29) is 17.9 Å². The normalized spacial score (nSPS) is 12.9. The number of para-hydroxylation sites is 1. The van der Waals surface area contributed by atoms with Crippen LogP contribution in [0.5, 0.6) is 11.5 Å². The predicted octanol–water partition coefficient (Wildman–Crippen LogP) is 3.54. The minimum Gasteiger partial charge on any atom is -0.488 e. The van der Waals surface area contributed by atoms with E-state index in [9.17, 15) is 22.8 Å². The number of carbonyl (C=O) groups is 2. The van der Waals surface area contributed by atoms with E-state index in [1.54, 1.807) is 24.3 Å². The molecule has 0 bridgehead atoms. The van der Waals surface area contributed by atoms with Crippen molar-refractivity contribution >= 4 is 23.6 Å². The molecule has 28 heavy (non-hydrogen) atoms. The summed E-state index contributed by atoms with van der Waals surface area (Å²) in [6.07, 6.45) is -3.17. The third-order valence-corrected chi connectivity index (χ3v) is 3.60. The lowest BCUT2D eigenvalue weighted by atomic mass is 10.1. The van der Waals surface area contributed by atoms with Crippen LogP contribution in [0.3, 0.4) is 0 Å². The Morgan fingerprint density at radius 1 is 1.07 bits per heavy atom. The van der Waals surface area contributed by atoms with Crippen molar-refractivity contribution in [3.05, 3.63) is 59.7 Å². The second kappa shape index (κ2) is 8.03. The summed E-state index contributed by atoms with van der Waals surface area (Å²) >= 11 is 0. The number of alkyl halides is 3. The van der Waals surface area contributed by atoms with Crippen LogP contribution < -0.4 is 14.8 Å². The number of hydrogen-bond acceptors (Lipinski definition) is 5. The van der Waals surface area contributed by atoms with Gasteiger partial charge in [0.05, 0.1) is 5.57 Å². The van der Waals surface area contributed by atoms with Crippen LogP contribution in [0.2, 0.25) is 0 Å². The molecule has 0 spiro atoms. The first kappa shape index (κ1) is 19.3. The number of fused-ring (bicyclic) bond motifs is 1. The van der Waals surface area contributed by atoms with Gasteiger partial charge in [0.1, 0.15) is 18.1 Å². The number of benzene rings is 2. The standard InChI is InChI=1S/C19H14F3NO5/c20-19(21,22)28-15-7-5-14(6-8-15)23-17(24)11-27-18(25)13-9-12-3-1-2-4-16(12)26-10-13/h1-9H,10-11H2,(H,23,24). The summed E-state index contributed by atoms with van der Waals surface area (Å²) in [5.41, 5.74) is 1.22. The smallest absolute Gasteiger partial charge is 0.488 e. The lowest BCUT2D eigenvalue weighted by Crippen LogP contribution is -2.24. The third kappa shape index (κ3) is 5.26. The SMILES string of the molecule is O=C(COC(=O)C1=Cc2ccccc2OC1)Nc1ccc(OC(F)(F)F)cc1. The molecule has 146 valence electrons. The first-order valence-electron chi connectivity index (χ1n) is 8.05. The number of halogens is 3. The zero-order valence-electron chi connectivity index (χ0n) is 14.3. The van der Waals surface area contributed by atoms with Gasteiger partial charge in [0.2, 0.25) is 0 Å². The summed E-state index contributed by atoms with van der Waals surface area (Å²) in [5.74, 6) is -1.11. The Kier molecular flexibility index (Phi) is 5.53. The lowest BCUT2D eigenvalue weighted by molar-refractivity contribution is -0.274. The largest absolute Gasteiger partial charge is 0.573 e. The molecule has 0 radical (unpaired) electrons. The number of amides is 1. The molecule has 9 heteroatoms. The number of esters is 1. The monoisotopic (exact) mass is 393 g/mol. The Hall–Kier alpha value is -3.49. The quantitative estimate of drug-likeness (QED) is 0.787. The molecular weight excluding hydrogens is 379 g/mol. The highest BCUT2D eigenvalue weighted by molar-refractivity contribution is 5.98. The van der Waals surface area contributed by atoms with Crippen molar-refractivity contribution in [3.63, 3.8) is 0 Å². The average molecular weight is 393 g/mol. The summed E-state index contributed by atoms with van der Waals surface area (Å²) in [5, 5.41) is 2.40. The topological polar surface area (TPSA) is 73.9 Å². The van der Waals surface area contributed by atoms with Crippen molar-refractivity contribution in [3.8, 4) is 11.5 Å². The van der Waals surface area contributed by atoms with Crippen LogP contribution >= 0.6 is 0 Å². The number of nitrogens with one attached hydrogen (secondary N) is 1. The van der Waals surface area contributed by atoms with E-state index in [0.717, 1.165) is 17.7 Å². The van der Waals surface area contributed by atoms with E-state index in [4.69, 9.17) is 9.47 Å². The van der Waals surface area contributed by atoms with Gasteiger partial charge in [0, 0.05) is 11.3 Å². The maximum Gasteiger partial charge on any atom is 0.573 e. The molecule has 0 aliphatic carbocycles. The van der Waals surface area contributed by atoms with Crippen LogP contribution in [0.1, 0.15) is 5.56 Å². The number of hydrogen-bond donors (Lipinski definition) is 1. The summed E-state index contributed by atoms with van der Waals surface area (Å²) < 4.78 is 50.5. The Morgan fingerprint density at radius 2 is 1.79 bits per heavy atom. The van der Waals surface area contributed by atoms with Gasteiger partial charge in [-0.1, -0.05) is 18.2 Å². The molecule has 1 heterocycles. The lowest BCUT2D eigenvalue weighted by Gasteiger charge is -2.16. The van der Waals surface area contributed by atoms with Gasteiger partial charge in [-0.15, -0.1) is 13.2 Å². The van der Waals surface area contributed by atoms with Gasteiger partial charge in [-0.05, 0) is 36.4 Å². The molecule has 3 rings (SSSR count). The number of carbonyl (C=O) groups excluding carboxylic acids is 2. The number of ether oxygens (including phenoxy) is 3. The van der Waals surface area contributed by atoms with Gasteiger partial charge < -0.3 is 19.5 Å². The van der Waals surface area contributed by atoms with E-state index < -0.39 is 30.6 Å². The van der Waals surface area contributed by atoms with E-state index in [1.807, 2.05) is 6.07 Å². The molecule has 0 saturated heterocycles. The van der Waals surface area contributed by atoms with Crippen molar-refractivity contribution in [2.24, 2.45) is 0 Å². The van der Waals surface area contributed by atoms with Crippen LogP contribution in [-0.4, -0.2) is 31.5 Å².